The van der Waals surface area contributed by atoms with Crippen LogP contribution in [0.3, 0.4) is 0 Å². The number of carbonyl (C=O) groups excluding carboxylic acids is 1. The molecule has 0 aromatic heterocycles. The number of hydrogen-bond acceptors (Lipinski definition) is 4. The van der Waals surface area contributed by atoms with Crippen LogP contribution in [0.4, 0.5) is 0 Å². The predicted octanol–water partition coefficient (Wildman–Crippen LogP) is 2.83. The van der Waals surface area contributed by atoms with E-state index in [2.05, 4.69) is 17.9 Å². The van der Waals surface area contributed by atoms with Crippen LogP contribution >= 0.6 is 0 Å². The first-order chi connectivity index (χ1) is 8.13. The van der Waals surface area contributed by atoms with Gasteiger partial charge in [-0.3, -0.25) is 0 Å². The Morgan fingerprint density at radius 3 is 2.00 bits per heavy atom. The van der Waals surface area contributed by atoms with Crippen molar-refractivity contribution in [3.8, 4) is 11.5 Å². The Morgan fingerprint density at radius 2 is 1.65 bits per heavy atom. The van der Waals surface area contributed by atoms with Crippen molar-refractivity contribution in [2.45, 2.75) is 6.92 Å². The molecule has 0 radical (unpaired) electrons. The Bertz CT molecular complexity index is 418. The summed E-state index contributed by atoms with van der Waals surface area (Å²) in [6.07, 6.45) is 2.56. The molecule has 1 aromatic rings. The third-order valence-corrected chi connectivity index (χ3v) is 2.15. The van der Waals surface area contributed by atoms with E-state index in [1.54, 1.807) is 19.1 Å². The van der Waals surface area contributed by atoms with Crippen molar-refractivity contribution < 1.29 is 19.0 Å². The van der Waals surface area contributed by atoms with E-state index in [0.717, 1.165) is 5.56 Å². The van der Waals surface area contributed by atoms with Crippen LogP contribution in [0.1, 0.15) is 15.9 Å². The maximum atomic E-state index is 11.5. The fourth-order valence-corrected chi connectivity index (χ4v) is 1.32. The smallest absolute Gasteiger partial charge is 0.338 e. The topological polar surface area (TPSA) is 44.8 Å². The van der Waals surface area contributed by atoms with Gasteiger partial charge in [-0.25, -0.2) is 4.79 Å². The van der Waals surface area contributed by atoms with Crippen LogP contribution in [0.25, 0.3) is 0 Å². The molecule has 0 aliphatic heterocycles. The molecule has 90 valence electrons. The van der Waals surface area contributed by atoms with Gasteiger partial charge in [-0.1, -0.05) is 13.2 Å². The molecule has 1 aromatic carbocycles. The van der Waals surface area contributed by atoms with Gasteiger partial charge in [-0.2, -0.15) is 0 Å². The minimum Gasteiger partial charge on any atom is -0.465 e. The van der Waals surface area contributed by atoms with E-state index in [4.69, 9.17) is 9.47 Å². The molecule has 0 aliphatic rings. The van der Waals surface area contributed by atoms with Gasteiger partial charge in [0.05, 0.1) is 25.2 Å². The molecule has 1 rings (SSSR count). The van der Waals surface area contributed by atoms with Crippen molar-refractivity contribution in [3.05, 3.63) is 48.9 Å². The standard InChI is InChI=1S/C13H14O4/c1-5-16-11-7-10(13(14)15-4)8-12(9(11)3)17-6-2/h5-8H,1-2H2,3-4H3. The van der Waals surface area contributed by atoms with Crippen LogP contribution in [0.5, 0.6) is 11.5 Å². The van der Waals surface area contributed by atoms with Gasteiger partial charge in [-0.15, -0.1) is 0 Å². The highest BCUT2D eigenvalue weighted by molar-refractivity contribution is 5.90. The first-order valence-electron chi connectivity index (χ1n) is 4.92. The Kier molecular flexibility index (Phi) is 4.34. The average molecular weight is 234 g/mol. The second-order valence-electron chi connectivity index (χ2n) is 3.16. The summed E-state index contributed by atoms with van der Waals surface area (Å²) >= 11 is 0. The minimum atomic E-state index is -0.465. The monoisotopic (exact) mass is 234 g/mol. The average Bonchev–Trinajstić information content (AvgIpc) is 2.33. The zero-order valence-electron chi connectivity index (χ0n) is 9.86. The SMILES string of the molecule is C=COc1cc(C(=O)OC)cc(OC=C)c1C. The molecular weight excluding hydrogens is 220 g/mol. The fraction of sp³-hybridized carbons (Fsp3) is 0.154. The summed E-state index contributed by atoms with van der Waals surface area (Å²) in [6, 6.07) is 3.14. The molecule has 0 unspecified atom stereocenters. The minimum absolute atomic E-state index is 0.340. The first kappa shape index (κ1) is 12.8. The second-order valence-corrected chi connectivity index (χ2v) is 3.16. The molecule has 0 aliphatic carbocycles. The van der Waals surface area contributed by atoms with Crippen molar-refractivity contribution >= 4 is 5.97 Å². The summed E-state index contributed by atoms with van der Waals surface area (Å²) in [6.45, 7) is 8.74. The lowest BCUT2D eigenvalue weighted by Crippen LogP contribution is -2.03. The second kappa shape index (κ2) is 5.75. The maximum Gasteiger partial charge on any atom is 0.338 e. The molecule has 0 fully saturated rings. The van der Waals surface area contributed by atoms with Gasteiger partial charge >= 0.3 is 5.97 Å². The molecular formula is C13H14O4. The van der Waals surface area contributed by atoms with Crippen LogP contribution in [0, 0.1) is 6.92 Å². The third kappa shape index (κ3) is 2.87. The summed E-state index contributed by atoms with van der Waals surface area (Å²) in [5.74, 6) is 0.507. The van der Waals surface area contributed by atoms with E-state index < -0.39 is 5.97 Å². The Labute approximate surface area is 100 Å². The zero-order valence-corrected chi connectivity index (χ0v) is 9.86. The highest BCUT2D eigenvalue weighted by atomic mass is 16.5. The highest BCUT2D eigenvalue weighted by Gasteiger charge is 2.14. The van der Waals surface area contributed by atoms with Gasteiger partial charge in [0.1, 0.15) is 11.5 Å². The van der Waals surface area contributed by atoms with Crippen molar-refractivity contribution in [3.63, 3.8) is 0 Å². The Balaban J connectivity index is 3.29. The summed E-state index contributed by atoms with van der Waals surface area (Å²) in [5.41, 5.74) is 1.09. The van der Waals surface area contributed by atoms with Crippen LogP contribution in [-0.4, -0.2) is 13.1 Å². The maximum absolute atomic E-state index is 11.5. The zero-order chi connectivity index (χ0) is 12.8. The molecule has 0 amide bonds. The molecule has 4 heteroatoms. The quantitative estimate of drug-likeness (QED) is 0.580. The van der Waals surface area contributed by atoms with Gasteiger partial charge in [0.25, 0.3) is 0 Å². The lowest BCUT2D eigenvalue weighted by Gasteiger charge is -2.11. The molecule has 0 spiro atoms. The molecule has 0 bridgehead atoms. The van der Waals surface area contributed by atoms with Crippen molar-refractivity contribution in [2.24, 2.45) is 0 Å². The molecule has 4 nitrogen and oxygen atoms in total. The van der Waals surface area contributed by atoms with E-state index in [0.29, 0.717) is 17.1 Å². The molecule has 0 N–H and O–H groups in total. The predicted molar refractivity (Wildman–Crippen MR) is 64.2 cm³/mol. The van der Waals surface area contributed by atoms with E-state index in [1.165, 1.54) is 19.6 Å². The van der Waals surface area contributed by atoms with E-state index >= 15 is 0 Å². The van der Waals surface area contributed by atoms with E-state index in [1.807, 2.05) is 0 Å². The highest BCUT2D eigenvalue weighted by Crippen LogP contribution is 2.30. The number of ether oxygens (including phenoxy) is 3. The normalized spacial score (nSPS) is 9.29. The molecule has 0 saturated heterocycles. The van der Waals surface area contributed by atoms with Gasteiger partial charge in [0.2, 0.25) is 0 Å². The van der Waals surface area contributed by atoms with Crippen LogP contribution in [0.15, 0.2) is 37.8 Å². The van der Waals surface area contributed by atoms with Crippen molar-refractivity contribution in [2.75, 3.05) is 7.11 Å². The van der Waals surface area contributed by atoms with E-state index in [9.17, 15) is 4.79 Å². The summed E-state index contributed by atoms with van der Waals surface area (Å²) in [5, 5.41) is 0. The molecule has 17 heavy (non-hydrogen) atoms. The number of esters is 1. The van der Waals surface area contributed by atoms with Gasteiger partial charge in [0.15, 0.2) is 0 Å². The fourth-order valence-electron chi connectivity index (χ4n) is 1.32. The lowest BCUT2D eigenvalue weighted by atomic mass is 10.1. The number of benzene rings is 1. The lowest BCUT2D eigenvalue weighted by molar-refractivity contribution is 0.0600. The van der Waals surface area contributed by atoms with Crippen LogP contribution in [-0.2, 0) is 4.74 Å². The number of hydrogen-bond donors (Lipinski definition) is 0. The molecule has 0 heterocycles. The van der Waals surface area contributed by atoms with Crippen LogP contribution in [0.2, 0.25) is 0 Å². The van der Waals surface area contributed by atoms with Crippen molar-refractivity contribution in [1.82, 2.24) is 0 Å². The van der Waals surface area contributed by atoms with Crippen molar-refractivity contribution in [1.29, 1.82) is 0 Å². The van der Waals surface area contributed by atoms with Gasteiger partial charge < -0.3 is 14.2 Å². The Morgan fingerprint density at radius 1 is 1.18 bits per heavy atom. The third-order valence-electron chi connectivity index (χ3n) is 2.15. The van der Waals surface area contributed by atoms with Gasteiger partial charge in [-0.05, 0) is 19.1 Å². The number of rotatable bonds is 5. The van der Waals surface area contributed by atoms with Crippen LogP contribution < -0.4 is 9.47 Å². The van der Waals surface area contributed by atoms with Gasteiger partial charge in [0, 0.05) is 5.56 Å². The summed E-state index contributed by atoms with van der Waals surface area (Å²) in [7, 11) is 1.31. The summed E-state index contributed by atoms with van der Waals surface area (Å²) in [4.78, 5) is 11.5. The molecule has 0 saturated carbocycles. The first-order valence-corrected chi connectivity index (χ1v) is 4.92. The number of methoxy groups -OCH3 is 1. The number of carbonyl (C=O) groups is 1. The molecule has 0 atom stereocenters. The summed E-state index contributed by atoms with van der Waals surface area (Å²) < 4.78 is 15.0. The van der Waals surface area contributed by atoms with E-state index in [-0.39, 0.29) is 0 Å². The largest absolute Gasteiger partial charge is 0.465 e. The Hall–Kier alpha value is -2.23.